The number of amides is 4. The van der Waals surface area contributed by atoms with Crippen LogP contribution in [0.5, 0.6) is 11.5 Å². The van der Waals surface area contributed by atoms with E-state index < -0.39 is 23.8 Å². The molecule has 1 aliphatic rings. The molecule has 0 spiro atoms. The first kappa shape index (κ1) is 16.5. The van der Waals surface area contributed by atoms with Gasteiger partial charge in [0.1, 0.15) is 5.92 Å². The minimum absolute atomic E-state index is 0.0559. The number of benzene rings is 1. The van der Waals surface area contributed by atoms with E-state index in [9.17, 15) is 14.4 Å². The molecule has 0 aromatic heterocycles. The Labute approximate surface area is 133 Å². The van der Waals surface area contributed by atoms with Gasteiger partial charge in [-0.25, -0.2) is 4.79 Å². The Morgan fingerprint density at radius 1 is 1.22 bits per heavy atom. The summed E-state index contributed by atoms with van der Waals surface area (Å²) in [6.45, 7) is 3.56. The van der Waals surface area contributed by atoms with E-state index in [0.29, 0.717) is 11.5 Å². The van der Waals surface area contributed by atoms with Crippen molar-refractivity contribution in [1.29, 1.82) is 0 Å². The van der Waals surface area contributed by atoms with Crippen LogP contribution in [0.2, 0.25) is 0 Å². The van der Waals surface area contributed by atoms with Crippen LogP contribution in [0.1, 0.15) is 5.56 Å². The fraction of sp³-hybridized carbons (Fsp3) is 0.312. The largest absolute Gasteiger partial charge is 0.493 e. The smallest absolute Gasteiger partial charge is 0.331 e. The van der Waals surface area contributed by atoms with Crippen LogP contribution in [0.25, 0.3) is 0 Å². The minimum atomic E-state index is -0.967. The Hall–Kier alpha value is -2.83. The van der Waals surface area contributed by atoms with E-state index in [0.717, 1.165) is 10.5 Å². The predicted octanol–water partition coefficient (Wildman–Crippen LogP) is 1.13. The van der Waals surface area contributed by atoms with E-state index in [2.05, 4.69) is 11.9 Å². The molecular weight excluding hydrogens is 300 g/mol. The number of nitrogens with zero attached hydrogens (tertiary/aromatic N) is 1. The zero-order valence-electron chi connectivity index (χ0n) is 13.0. The number of carbonyl (C=O) groups excluding carboxylic acids is 3. The highest BCUT2D eigenvalue weighted by molar-refractivity contribution is 6.16. The third-order valence-corrected chi connectivity index (χ3v) is 3.56. The summed E-state index contributed by atoms with van der Waals surface area (Å²) in [6.07, 6.45) is 1.59. The quantitative estimate of drug-likeness (QED) is 0.628. The molecule has 1 aromatic rings. The molecule has 1 aliphatic heterocycles. The van der Waals surface area contributed by atoms with Gasteiger partial charge in [0.05, 0.1) is 14.2 Å². The molecule has 1 fully saturated rings. The van der Waals surface area contributed by atoms with Crippen molar-refractivity contribution >= 4 is 17.8 Å². The van der Waals surface area contributed by atoms with E-state index >= 15 is 0 Å². The Balaban J connectivity index is 2.24. The van der Waals surface area contributed by atoms with Crippen molar-refractivity contribution in [2.24, 2.45) is 5.92 Å². The second kappa shape index (κ2) is 6.95. The lowest BCUT2D eigenvalue weighted by atomic mass is 9.95. The molecule has 7 heteroatoms. The Bertz CT molecular complexity index is 656. The van der Waals surface area contributed by atoms with Crippen LogP contribution in [0.15, 0.2) is 30.9 Å². The first-order valence-electron chi connectivity index (χ1n) is 6.99. The van der Waals surface area contributed by atoms with Crippen LogP contribution in [0.3, 0.4) is 0 Å². The van der Waals surface area contributed by atoms with Gasteiger partial charge in [-0.3, -0.25) is 19.8 Å². The van der Waals surface area contributed by atoms with Crippen LogP contribution in [-0.4, -0.2) is 43.5 Å². The normalized spacial score (nSPS) is 17.7. The molecule has 0 saturated carbocycles. The molecule has 1 heterocycles. The van der Waals surface area contributed by atoms with Gasteiger partial charge in [0.2, 0.25) is 11.8 Å². The van der Waals surface area contributed by atoms with E-state index in [1.165, 1.54) is 20.3 Å². The fourth-order valence-corrected chi connectivity index (χ4v) is 2.39. The van der Waals surface area contributed by atoms with E-state index in [-0.39, 0.29) is 13.0 Å². The number of urea groups is 1. The lowest BCUT2D eigenvalue weighted by Gasteiger charge is -2.29. The van der Waals surface area contributed by atoms with Gasteiger partial charge in [-0.05, 0) is 24.1 Å². The first-order chi connectivity index (χ1) is 11.0. The van der Waals surface area contributed by atoms with E-state index in [1.54, 1.807) is 18.2 Å². The minimum Gasteiger partial charge on any atom is -0.493 e. The number of nitrogens with one attached hydrogen (secondary N) is 1. The highest BCUT2D eigenvalue weighted by atomic mass is 16.5. The van der Waals surface area contributed by atoms with Crippen molar-refractivity contribution in [3.8, 4) is 11.5 Å². The molecule has 4 amide bonds. The Morgan fingerprint density at radius 2 is 1.91 bits per heavy atom. The van der Waals surface area contributed by atoms with Gasteiger partial charge in [0, 0.05) is 6.54 Å². The number of carbonyl (C=O) groups is 3. The number of rotatable bonds is 6. The van der Waals surface area contributed by atoms with Crippen molar-refractivity contribution in [2.75, 3.05) is 20.8 Å². The molecule has 0 aliphatic carbocycles. The zero-order valence-corrected chi connectivity index (χ0v) is 13.0. The summed E-state index contributed by atoms with van der Waals surface area (Å²) in [5.41, 5.74) is 0.726. The van der Waals surface area contributed by atoms with Crippen molar-refractivity contribution in [1.82, 2.24) is 10.2 Å². The molecule has 2 rings (SSSR count). The molecule has 0 unspecified atom stereocenters. The summed E-state index contributed by atoms with van der Waals surface area (Å²) in [6, 6.07) is 4.43. The zero-order chi connectivity index (χ0) is 17.0. The third kappa shape index (κ3) is 3.33. The molecule has 122 valence electrons. The molecule has 7 nitrogen and oxygen atoms in total. The van der Waals surface area contributed by atoms with Crippen LogP contribution in [0.4, 0.5) is 4.79 Å². The van der Waals surface area contributed by atoms with Gasteiger partial charge in [-0.2, -0.15) is 0 Å². The molecule has 1 saturated heterocycles. The predicted molar refractivity (Wildman–Crippen MR) is 82.2 cm³/mol. The van der Waals surface area contributed by atoms with E-state index in [4.69, 9.17) is 9.47 Å². The lowest BCUT2D eigenvalue weighted by molar-refractivity contribution is -0.142. The topological polar surface area (TPSA) is 84.9 Å². The maximum atomic E-state index is 12.4. The average molecular weight is 318 g/mol. The van der Waals surface area contributed by atoms with Crippen molar-refractivity contribution < 1.29 is 23.9 Å². The second-order valence-electron chi connectivity index (χ2n) is 4.98. The van der Waals surface area contributed by atoms with Crippen LogP contribution >= 0.6 is 0 Å². The number of hydrogen-bond acceptors (Lipinski definition) is 5. The maximum absolute atomic E-state index is 12.4. The summed E-state index contributed by atoms with van der Waals surface area (Å²) < 4.78 is 10.4. The van der Waals surface area contributed by atoms with Gasteiger partial charge in [0.15, 0.2) is 11.5 Å². The van der Waals surface area contributed by atoms with Gasteiger partial charge in [0.25, 0.3) is 0 Å². The summed E-state index contributed by atoms with van der Waals surface area (Å²) >= 11 is 0. The second-order valence-corrected chi connectivity index (χ2v) is 4.98. The number of ether oxygens (including phenoxy) is 2. The van der Waals surface area contributed by atoms with Gasteiger partial charge < -0.3 is 9.47 Å². The highest BCUT2D eigenvalue weighted by Gasteiger charge is 2.39. The monoisotopic (exact) mass is 318 g/mol. The van der Waals surface area contributed by atoms with Gasteiger partial charge >= 0.3 is 6.03 Å². The fourth-order valence-electron chi connectivity index (χ4n) is 2.39. The molecule has 0 bridgehead atoms. The number of barbiturate groups is 1. The van der Waals surface area contributed by atoms with Crippen LogP contribution < -0.4 is 14.8 Å². The molecular formula is C16H18N2O5. The molecule has 1 aromatic carbocycles. The van der Waals surface area contributed by atoms with Gasteiger partial charge in [-0.15, -0.1) is 6.58 Å². The number of methoxy groups -OCH3 is 2. The highest BCUT2D eigenvalue weighted by Crippen LogP contribution is 2.29. The van der Waals surface area contributed by atoms with Gasteiger partial charge in [-0.1, -0.05) is 12.1 Å². The summed E-state index contributed by atoms with van der Waals surface area (Å²) in [5, 5.41) is 2.19. The lowest BCUT2D eigenvalue weighted by Crippen LogP contribution is -2.58. The van der Waals surface area contributed by atoms with Crippen molar-refractivity contribution in [3.05, 3.63) is 36.4 Å². The average Bonchev–Trinajstić information content (AvgIpc) is 2.55. The summed E-state index contributed by atoms with van der Waals surface area (Å²) in [5.74, 6) is -1.04. The standard InChI is InChI=1S/C16H18N2O5/c1-4-7-18-15(20)11(14(19)17-16(18)21)8-10-5-6-12(22-2)13(9-10)23-3/h4-6,9,11H,1,7-8H2,2-3H3,(H,17,19,21)/t11-/m0/s1. The summed E-state index contributed by atoms with van der Waals surface area (Å²) in [4.78, 5) is 37.0. The molecule has 1 atom stereocenters. The SMILES string of the molecule is C=CCN1C(=O)NC(=O)[C@H](Cc2ccc(OC)c(OC)c2)C1=O. The first-order valence-corrected chi connectivity index (χ1v) is 6.99. The molecule has 1 N–H and O–H groups in total. The van der Waals surface area contributed by atoms with Crippen molar-refractivity contribution in [3.63, 3.8) is 0 Å². The third-order valence-electron chi connectivity index (χ3n) is 3.56. The maximum Gasteiger partial charge on any atom is 0.331 e. The Kier molecular flexibility index (Phi) is 5.00. The van der Waals surface area contributed by atoms with Crippen molar-refractivity contribution in [2.45, 2.75) is 6.42 Å². The molecule has 0 radical (unpaired) electrons. The Morgan fingerprint density at radius 3 is 2.52 bits per heavy atom. The van der Waals surface area contributed by atoms with Crippen LogP contribution in [-0.2, 0) is 16.0 Å². The van der Waals surface area contributed by atoms with E-state index in [1.807, 2.05) is 0 Å². The number of imide groups is 2. The number of hydrogen-bond donors (Lipinski definition) is 1. The van der Waals surface area contributed by atoms with Crippen LogP contribution in [0, 0.1) is 5.92 Å². The summed E-state index contributed by atoms with van der Waals surface area (Å²) in [7, 11) is 3.03. The molecule has 23 heavy (non-hydrogen) atoms.